The van der Waals surface area contributed by atoms with E-state index in [1.54, 1.807) is 0 Å². The Balaban J connectivity index is 2.74. The average Bonchev–Trinajstić information content (AvgIpc) is 2.43. The second-order valence-electron chi connectivity index (χ2n) is 2.18. The zero-order chi connectivity index (χ0) is 7.40. The van der Waals surface area contributed by atoms with Crippen molar-refractivity contribution >= 4 is 5.71 Å². The van der Waals surface area contributed by atoms with E-state index >= 15 is 0 Å². The van der Waals surface area contributed by atoms with Crippen LogP contribution in [0.25, 0.3) is 0 Å². The van der Waals surface area contributed by atoms with Gasteiger partial charge in [-0.25, -0.2) is 0 Å². The highest BCUT2D eigenvalue weighted by molar-refractivity contribution is 6.11. The number of nitrogens with zero attached hydrogens (tertiary/aromatic N) is 2. The van der Waals surface area contributed by atoms with Crippen LogP contribution in [0.15, 0.2) is 16.8 Å². The first-order valence-electron chi connectivity index (χ1n) is 3.20. The third-order valence-electron chi connectivity index (χ3n) is 1.55. The molecule has 1 rings (SSSR count). The molecule has 0 aliphatic heterocycles. The molecule has 1 aliphatic rings. The molecule has 0 spiro atoms. The molecule has 1 aliphatic carbocycles. The van der Waals surface area contributed by atoms with Crippen LogP contribution in [0.4, 0.5) is 0 Å². The van der Waals surface area contributed by atoms with Gasteiger partial charge in [-0.15, -0.1) is 0 Å². The van der Waals surface area contributed by atoms with Gasteiger partial charge in [0.2, 0.25) is 0 Å². The molecule has 0 atom stereocenters. The van der Waals surface area contributed by atoms with Gasteiger partial charge in [0.05, 0.1) is 0 Å². The van der Waals surface area contributed by atoms with Gasteiger partial charge in [-0.2, -0.15) is 5.26 Å². The van der Waals surface area contributed by atoms with Crippen LogP contribution in [0.5, 0.6) is 0 Å². The SMILES string of the molecule is N#C/C(=N\O)C1=CCCC1. The van der Waals surface area contributed by atoms with Crippen molar-refractivity contribution in [3.05, 3.63) is 11.6 Å². The molecule has 0 radical (unpaired) electrons. The quantitative estimate of drug-likeness (QED) is 0.337. The van der Waals surface area contributed by atoms with Crippen LogP contribution in [-0.2, 0) is 0 Å². The highest BCUT2D eigenvalue weighted by Crippen LogP contribution is 2.18. The largest absolute Gasteiger partial charge is 0.410 e. The number of hydrogen-bond donors (Lipinski definition) is 1. The summed E-state index contributed by atoms with van der Waals surface area (Å²) < 4.78 is 0. The minimum atomic E-state index is 0.164. The predicted octanol–water partition coefficient (Wildman–Crippen LogP) is 1.45. The summed E-state index contributed by atoms with van der Waals surface area (Å²) in [5.74, 6) is 0. The van der Waals surface area contributed by atoms with Gasteiger partial charge >= 0.3 is 0 Å². The minimum Gasteiger partial charge on any atom is -0.410 e. The smallest absolute Gasteiger partial charge is 0.182 e. The van der Waals surface area contributed by atoms with Gasteiger partial charge in [0.1, 0.15) is 6.07 Å². The van der Waals surface area contributed by atoms with Gasteiger partial charge in [-0.3, -0.25) is 0 Å². The van der Waals surface area contributed by atoms with Crippen LogP contribution in [0.2, 0.25) is 0 Å². The lowest BCUT2D eigenvalue weighted by molar-refractivity contribution is 0.320. The normalized spacial score (nSPS) is 18.3. The molecule has 10 heavy (non-hydrogen) atoms. The van der Waals surface area contributed by atoms with Crippen LogP contribution in [0.1, 0.15) is 19.3 Å². The first-order valence-corrected chi connectivity index (χ1v) is 3.20. The molecule has 0 heterocycles. The van der Waals surface area contributed by atoms with Crippen molar-refractivity contribution in [2.45, 2.75) is 19.3 Å². The van der Waals surface area contributed by atoms with E-state index < -0.39 is 0 Å². The number of allylic oxidation sites excluding steroid dienone is 2. The molecule has 0 amide bonds. The predicted molar refractivity (Wildman–Crippen MR) is 36.8 cm³/mol. The average molecular weight is 136 g/mol. The standard InChI is InChI=1S/C7H8N2O/c8-5-7(9-10)6-3-1-2-4-6/h3,10H,1-2,4H2/b9-7+. The van der Waals surface area contributed by atoms with E-state index in [0.717, 1.165) is 24.8 Å². The van der Waals surface area contributed by atoms with Crippen molar-refractivity contribution in [1.29, 1.82) is 5.26 Å². The molecule has 3 heteroatoms. The first-order chi connectivity index (χ1) is 4.88. The number of nitriles is 1. The van der Waals surface area contributed by atoms with Crippen LogP contribution >= 0.6 is 0 Å². The fourth-order valence-corrected chi connectivity index (χ4v) is 1.04. The molecule has 0 bridgehead atoms. The molecular formula is C7H8N2O. The summed E-state index contributed by atoms with van der Waals surface area (Å²) in [6, 6.07) is 1.83. The summed E-state index contributed by atoms with van der Waals surface area (Å²) in [7, 11) is 0. The van der Waals surface area contributed by atoms with Gasteiger partial charge in [0, 0.05) is 0 Å². The van der Waals surface area contributed by atoms with Crippen LogP contribution in [0, 0.1) is 11.3 Å². The van der Waals surface area contributed by atoms with Crippen molar-refractivity contribution < 1.29 is 5.21 Å². The van der Waals surface area contributed by atoms with Crippen molar-refractivity contribution in [3.63, 3.8) is 0 Å². The van der Waals surface area contributed by atoms with E-state index in [-0.39, 0.29) is 5.71 Å². The number of rotatable bonds is 1. The Morgan fingerprint density at radius 2 is 2.60 bits per heavy atom. The molecule has 0 fully saturated rings. The molecule has 0 aromatic rings. The number of hydrogen-bond acceptors (Lipinski definition) is 3. The van der Waals surface area contributed by atoms with Crippen molar-refractivity contribution in [2.24, 2.45) is 5.16 Å². The fraction of sp³-hybridized carbons (Fsp3) is 0.429. The highest BCUT2D eigenvalue weighted by Gasteiger charge is 2.10. The van der Waals surface area contributed by atoms with E-state index in [0.29, 0.717) is 0 Å². The maximum atomic E-state index is 8.40. The minimum absolute atomic E-state index is 0.164. The second-order valence-corrected chi connectivity index (χ2v) is 2.18. The highest BCUT2D eigenvalue weighted by atomic mass is 16.4. The summed E-state index contributed by atoms with van der Waals surface area (Å²) >= 11 is 0. The summed E-state index contributed by atoms with van der Waals surface area (Å²) in [6.45, 7) is 0. The van der Waals surface area contributed by atoms with Crippen molar-refractivity contribution in [3.8, 4) is 6.07 Å². The maximum absolute atomic E-state index is 8.40. The van der Waals surface area contributed by atoms with E-state index in [9.17, 15) is 0 Å². The summed E-state index contributed by atoms with van der Waals surface area (Å²) in [5, 5.41) is 19.6. The Morgan fingerprint density at radius 1 is 1.80 bits per heavy atom. The van der Waals surface area contributed by atoms with Gasteiger partial charge in [0.15, 0.2) is 5.71 Å². The van der Waals surface area contributed by atoms with E-state index in [2.05, 4.69) is 5.16 Å². The lowest BCUT2D eigenvalue weighted by atomic mass is 10.1. The monoisotopic (exact) mass is 136 g/mol. The fourth-order valence-electron chi connectivity index (χ4n) is 1.04. The van der Waals surface area contributed by atoms with E-state index in [4.69, 9.17) is 10.5 Å². The molecule has 1 N–H and O–H groups in total. The Hall–Kier alpha value is -1.30. The lowest BCUT2D eigenvalue weighted by Crippen LogP contribution is -1.96. The maximum Gasteiger partial charge on any atom is 0.182 e. The molecule has 0 aromatic carbocycles. The Bertz CT molecular complexity index is 222. The van der Waals surface area contributed by atoms with Gasteiger partial charge in [0.25, 0.3) is 0 Å². The topological polar surface area (TPSA) is 56.4 Å². The van der Waals surface area contributed by atoms with Crippen LogP contribution in [0.3, 0.4) is 0 Å². The zero-order valence-electron chi connectivity index (χ0n) is 5.54. The van der Waals surface area contributed by atoms with Crippen LogP contribution < -0.4 is 0 Å². The Kier molecular flexibility index (Phi) is 2.06. The first kappa shape index (κ1) is 6.81. The zero-order valence-corrected chi connectivity index (χ0v) is 5.54. The molecule has 0 unspecified atom stereocenters. The summed E-state index contributed by atoms with van der Waals surface area (Å²) in [6.07, 6.45) is 4.87. The molecule has 0 saturated heterocycles. The Morgan fingerprint density at radius 3 is 3.00 bits per heavy atom. The Labute approximate surface area is 59.3 Å². The summed E-state index contributed by atoms with van der Waals surface area (Å²) in [4.78, 5) is 0. The van der Waals surface area contributed by atoms with Gasteiger partial charge in [-0.1, -0.05) is 11.2 Å². The summed E-state index contributed by atoms with van der Waals surface area (Å²) in [5.41, 5.74) is 1.04. The van der Waals surface area contributed by atoms with Gasteiger partial charge < -0.3 is 5.21 Å². The molecule has 3 nitrogen and oxygen atoms in total. The molecule has 0 saturated carbocycles. The number of oxime groups is 1. The third-order valence-corrected chi connectivity index (χ3v) is 1.55. The van der Waals surface area contributed by atoms with E-state index in [1.807, 2.05) is 12.1 Å². The molecule has 0 aromatic heterocycles. The van der Waals surface area contributed by atoms with E-state index in [1.165, 1.54) is 0 Å². The van der Waals surface area contributed by atoms with Crippen LogP contribution in [-0.4, -0.2) is 10.9 Å². The lowest BCUT2D eigenvalue weighted by Gasteiger charge is -1.91. The van der Waals surface area contributed by atoms with Crippen molar-refractivity contribution in [2.75, 3.05) is 0 Å². The molecule has 52 valence electrons. The van der Waals surface area contributed by atoms with Crippen molar-refractivity contribution in [1.82, 2.24) is 0 Å². The van der Waals surface area contributed by atoms with Gasteiger partial charge in [-0.05, 0) is 24.8 Å². The third kappa shape index (κ3) is 1.16. The second kappa shape index (κ2) is 3.02. The molecular weight excluding hydrogens is 128 g/mol.